The van der Waals surface area contributed by atoms with Crippen molar-refractivity contribution >= 4 is 34.0 Å². The predicted octanol–water partition coefficient (Wildman–Crippen LogP) is 13.8. The van der Waals surface area contributed by atoms with Gasteiger partial charge in [0.2, 0.25) is 0 Å². The molecule has 4 heterocycles. The minimum atomic E-state index is -0.175. The van der Waals surface area contributed by atoms with E-state index in [1.54, 1.807) is 12.1 Å². The summed E-state index contributed by atoms with van der Waals surface area (Å²) >= 11 is 0. The molecule has 1 unspecified atom stereocenters. The first kappa shape index (κ1) is 42.8. The third-order valence-electron chi connectivity index (χ3n) is 11.4. The summed E-state index contributed by atoms with van der Waals surface area (Å²) in [6, 6.07) is 71.1. The van der Waals surface area contributed by atoms with Gasteiger partial charge in [0.05, 0.1) is 28.7 Å². The third-order valence-corrected chi connectivity index (χ3v) is 11.4. The van der Waals surface area contributed by atoms with E-state index < -0.39 is 0 Å². The fraction of sp³-hybridized carbons (Fsp3) is 0.0667. The Kier molecular flexibility index (Phi) is 13.5. The maximum Gasteiger partial charge on any atom is 0.200 e. The SMILES string of the molecule is C1=C(c2ccccc2)COc2ccccc21.C1=C(c2ccccc2)Cc2ccccc2O1.O=C1c2ccccc2OCC1c1ccccc1.O=c1c(-c2ccccc2)coc2ccccc12. The fourth-order valence-electron chi connectivity index (χ4n) is 7.96. The maximum absolute atomic E-state index is 12.3. The first-order valence-electron chi connectivity index (χ1n) is 21.9. The number of benzene rings is 8. The van der Waals surface area contributed by atoms with Gasteiger partial charge in [-0.25, -0.2) is 0 Å². The number of Topliss-reactive ketones (excluding diaryl/α,β-unsaturated/α-hetero) is 1. The molecule has 66 heavy (non-hydrogen) atoms. The van der Waals surface area contributed by atoms with Crippen LogP contribution in [0.4, 0.5) is 0 Å². The molecule has 0 aliphatic carbocycles. The zero-order valence-electron chi connectivity index (χ0n) is 36.2. The minimum absolute atomic E-state index is 0.0121. The number of fused-ring (bicyclic) bond motifs is 4. The summed E-state index contributed by atoms with van der Waals surface area (Å²) in [4.78, 5) is 24.6. The molecular formula is C60H46O6. The molecule has 3 aliphatic rings. The van der Waals surface area contributed by atoms with Crippen LogP contribution < -0.4 is 19.6 Å². The highest BCUT2D eigenvalue weighted by Gasteiger charge is 2.29. The smallest absolute Gasteiger partial charge is 0.200 e. The molecule has 0 spiro atoms. The van der Waals surface area contributed by atoms with Crippen molar-refractivity contribution in [1.29, 1.82) is 0 Å². The van der Waals surface area contributed by atoms with Crippen LogP contribution in [0.15, 0.2) is 240 Å². The summed E-state index contributed by atoms with van der Waals surface area (Å²) in [6.45, 7) is 1.08. The summed E-state index contributed by atoms with van der Waals surface area (Å²) in [5.41, 5.74) is 11.2. The Morgan fingerprint density at radius 3 is 1.74 bits per heavy atom. The number of hydrogen-bond acceptors (Lipinski definition) is 6. The number of para-hydroxylation sites is 4. The van der Waals surface area contributed by atoms with E-state index in [4.69, 9.17) is 18.6 Å². The van der Waals surface area contributed by atoms with Crippen molar-refractivity contribution < 1.29 is 23.4 Å². The topological polar surface area (TPSA) is 75.0 Å². The highest BCUT2D eigenvalue weighted by atomic mass is 16.5. The van der Waals surface area contributed by atoms with Gasteiger partial charge in [-0.05, 0) is 81.4 Å². The average molecular weight is 863 g/mol. The Balaban J connectivity index is 0.000000111. The van der Waals surface area contributed by atoms with Gasteiger partial charge >= 0.3 is 0 Å². The minimum Gasteiger partial charge on any atom is -0.492 e. The quantitative estimate of drug-likeness (QED) is 0.175. The van der Waals surface area contributed by atoms with Crippen molar-refractivity contribution in [2.24, 2.45) is 0 Å². The largest absolute Gasteiger partial charge is 0.492 e. The van der Waals surface area contributed by atoms with Crippen LogP contribution in [0.3, 0.4) is 0 Å². The highest BCUT2D eigenvalue weighted by molar-refractivity contribution is 6.04. The molecular weight excluding hydrogens is 817 g/mol. The van der Waals surface area contributed by atoms with Gasteiger partial charge in [-0.3, -0.25) is 9.59 Å². The fourth-order valence-corrected chi connectivity index (χ4v) is 7.96. The lowest BCUT2D eigenvalue weighted by Crippen LogP contribution is -2.25. The Labute approximate surface area is 384 Å². The number of carbonyl (C=O) groups excluding carboxylic acids is 1. The predicted molar refractivity (Wildman–Crippen MR) is 265 cm³/mol. The molecule has 1 atom stereocenters. The van der Waals surface area contributed by atoms with Gasteiger partial charge in [0.15, 0.2) is 11.2 Å². The number of ketones is 1. The van der Waals surface area contributed by atoms with Crippen LogP contribution in [-0.2, 0) is 6.42 Å². The Bertz CT molecular complexity index is 3170. The lowest BCUT2D eigenvalue weighted by molar-refractivity contribution is 0.0896. The van der Waals surface area contributed by atoms with Crippen molar-refractivity contribution in [2.75, 3.05) is 13.2 Å². The first-order chi connectivity index (χ1) is 32.6. The highest BCUT2D eigenvalue weighted by Crippen LogP contribution is 2.33. The zero-order chi connectivity index (χ0) is 44.9. The molecule has 0 bridgehead atoms. The molecule has 12 rings (SSSR count). The van der Waals surface area contributed by atoms with Gasteiger partial charge in [0, 0.05) is 12.0 Å². The third kappa shape index (κ3) is 10.1. The van der Waals surface area contributed by atoms with E-state index in [0.717, 1.165) is 34.6 Å². The van der Waals surface area contributed by atoms with E-state index in [1.807, 2.05) is 146 Å². The van der Waals surface area contributed by atoms with Gasteiger partial charge in [0.25, 0.3) is 0 Å². The lowest BCUT2D eigenvalue weighted by Gasteiger charge is -2.24. The number of rotatable bonds is 4. The number of allylic oxidation sites excluding steroid dienone is 1. The van der Waals surface area contributed by atoms with Crippen LogP contribution in [0.25, 0.3) is 39.3 Å². The molecule has 0 fully saturated rings. The van der Waals surface area contributed by atoms with Gasteiger partial charge in [0.1, 0.15) is 42.3 Å². The summed E-state index contributed by atoms with van der Waals surface area (Å²) in [7, 11) is 0. The van der Waals surface area contributed by atoms with E-state index >= 15 is 0 Å². The van der Waals surface area contributed by atoms with Gasteiger partial charge in [-0.2, -0.15) is 0 Å². The zero-order valence-corrected chi connectivity index (χ0v) is 36.2. The van der Waals surface area contributed by atoms with E-state index in [2.05, 4.69) is 72.8 Å². The summed E-state index contributed by atoms with van der Waals surface area (Å²) in [5, 5.41) is 0.619. The van der Waals surface area contributed by atoms with Gasteiger partial charge < -0.3 is 18.6 Å². The molecule has 6 nitrogen and oxygen atoms in total. The van der Waals surface area contributed by atoms with Crippen LogP contribution >= 0.6 is 0 Å². The monoisotopic (exact) mass is 862 g/mol. The van der Waals surface area contributed by atoms with Gasteiger partial charge in [-0.15, -0.1) is 0 Å². The molecule has 0 radical (unpaired) electrons. The molecule has 0 amide bonds. The molecule has 322 valence electrons. The Hall–Kier alpha value is -8.48. The van der Waals surface area contributed by atoms with Crippen LogP contribution in [0.1, 0.15) is 44.1 Å². The van der Waals surface area contributed by atoms with Crippen molar-refractivity contribution in [3.63, 3.8) is 0 Å². The van der Waals surface area contributed by atoms with E-state index in [-0.39, 0.29) is 17.1 Å². The molecule has 1 aromatic heterocycles. The van der Waals surface area contributed by atoms with Crippen molar-refractivity contribution in [3.05, 3.63) is 275 Å². The van der Waals surface area contributed by atoms with Crippen LogP contribution in [-0.4, -0.2) is 19.0 Å². The van der Waals surface area contributed by atoms with Crippen molar-refractivity contribution in [1.82, 2.24) is 0 Å². The second-order valence-corrected chi connectivity index (χ2v) is 15.7. The molecule has 3 aliphatic heterocycles. The lowest BCUT2D eigenvalue weighted by atomic mass is 9.89. The van der Waals surface area contributed by atoms with E-state index in [1.165, 1.54) is 34.1 Å². The van der Waals surface area contributed by atoms with Crippen LogP contribution in [0.2, 0.25) is 0 Å². The summed E-state index contributed by atoms with van der Waals surface area (Å²) in [6.07, 6.45) is 6.53. The number of ether oxygens (including phenoxy) is 3. The molecule has 0 saturated heterocycles. The second-order valence-electron chi connectivity index (χ2n) is 15.7. The standard InChI is InChI=1S/C15H12O2.C15H10O2.2C15H12O/c2*16-15-12-8-4-5-9-14(12)17-10-13(15)11-6-2-1-3-7-11;2*1-2-6-12(7-3-1)14-10-13-8-4-5-9-15(13)16-11-14/h1-9,13H,10H2;1-10H;1-9,11H,10H2;1-10H,11H2. The van der Waals surface area contributed by atoms with Crippen molar-refractivity contribution in [3.8, 4) is 28.4 Å². The molecule has 6 heteroatoms. The summed E-state index contributed by atoms with van der Waals surface area (Å²) in [5.74, 6) is 2.62. The molecule has 0 N–H and O–H groups in total. The Morgan fingerprint density at radius 2 is 1.02 bits per heavy atom. The molecule has 9 aromatic rings. The Morgan fingerprint density at radius 1 is 0.455 bits per heavy atom. The van der Waals surface area contributed by atoms with Crippen LogP contribution in [0.5, 0.6) is 17.2 Å². The average Bonchev–Trinajstić information content (AvgIpc) is 3.40. The van der Waals surface area contributed by atoms with Gasteiger partial charge in [-0.1, -0.05) is 182 Å². The normalized spacial score (nSPS) is 14.1. The van der Waals surface area contributed by atoms with Crippen molar-refractivity contribution in [2.45, 2.75) is 12.3 Å². The van der Waals surface area contributed by atoms with Crippen LogP contribution in [0, 0.1) is 0 Å². The first-order valence-corrected chi connectivity index (χ1v) is 21.9. The molecule has 8 aromatic carbocycles. The van der Waals surface area contributed by atoms with E-state index in [9.17, 15) is 9.59 Å². The van der Waals surface area contributed by atoms with E-state index in [0.29, 0.717) is 41.1 Å². The second kappa shape index (κ2) is 20.8. The number of carbonyl (C=O) groups is 1. The number of hydrogen-bond donors (Lipinski definition) is 0. The molecule has 0 saturated carbocycles. The summed E-state index contributed by atoms with van der Waals surface area (Å²) < 4.78 is 22.5. The maximum atomic E-state index is 12.3.